The first-order chi connectivity index (χ1) is 9.12. The van der Waals surface area contributed by atoms with Crippen molar-refractivity contribution in [1.29, 1.82) is 10.5 Å². The highest BCUT2D eigenvalue weighted by atomic mass is 32.2. The summed E-state index contributed by atoms with van der Waals surface area (Å²) in [4.78, 5) is 15.2. The van der Waals surface area contributed by atoms with E-state index < -0.39 is 0 Å². The fraction of sp³-hybridized carbons (Fsp3) is 0.333. The zero-order chi connectivity index (χ0) is 14.3. The highest BCUT2D eigenvalue weighted by Crippen LogP contribution is 2.24. The zero-order valence-corrected chi connectivity index (χ0v) is 11.2. The van der Waals surface area contributed by atoms with E-state index >= 15 is 0 Å². The van der Waals surface area contributed by atoms with Gasteiger partial charge in [-0.2, -0.15) is 10.5 Å². The third-order valence-electron chi connectivity index (χ3n) is 2.11. The number of pyridine rings is 1. The number of nitrogens with zero attached hydrogens (tertiary/aromatic N) is 3. The van der Waals surface area contributed by atoms with Crippen LogP contribution >= 0.6 is 11.8 Å². The maximum atomic E-state index is 11.2. The molecular formula is C12H12N4O2S. The van der Waals surface area contributed by atoms with Gasteiger partial charge in [0.1, 0.15) is 23.0 Å². The number of ether oxygens (including phenoxy) is 1. The van der Waals surface area contributed by atoms with E-state index in [1.165, 1.54) is 17.8 Å². The molecule has 0 aliphatic rings. The van der Waals surface area contributed by atoms with E-state index in [0.29, 0.717) is 17.4 Å². The third kappa shape index (κ3) is 4.16. The number of anilines is 1. The molecule has 1 aromatic rings. The van der Waals surface area contributed by atoms with Crippen LogP contribution in [0.4, 0.5) is 5.82 Å². The van der Waals surface area contributed by atoms with Crippen molar-refractivity contribution in [3.8, 4) is 12.1 Å². The molecule has 1 aromatic heterocycles. The van der Waals surface area contributed by atoms with Crippen LogP contribution in [0.25, 0.3) is 0 Å². The number of carbonyl (C=O) groups is 1. The standard InChI is InChI=1S/C12H12N4O2S/c1-2-18-10(17)3-4-19-12-9(7-14)5-8(6-13)11(15)16-12/h5H,2-4H2,1H3,(H2,15,16). The van der Waals surface area contributed by atoms with Crippen molar-refractivity contribution in [1.82, 2.24) is 4.98 Å². The smallest absolute Gasteiger partial charge is 0.306 e. The van der Waals surface area contributed by atoms with Gasteiger partial charge in [-0.05, 0) is 13.0 Å². The number of esters is 1. The minimum Gasteiger partial charge on any atom is -0.466 e. The lowest BCUT2D eigenvalue weighted by Gasteiger charge is -2.05. The van der Waals surface area contributed by atoms with E-state index in [-0.39, 0.29) is 29.3 Å². The van der Waals surface area contributed by atoms with Gasteiger partial charge in [-0.1, -0.05) is 0 Å². The van der Waals surface area contributed by atoms with Gasteiger partial charge in [0, 0.05) is 5.75 Å². The van der Waals surface area contributed by atoms with Crippen molar-refractivity contribution >= 4 is 23.5 Å². The highest BCUT2D eigenvalue weighted by molar-refractivity contribution is 7.99. The first-order valence-electron chi connectivity index (χ1n) is 5.51. The average molecular weight is 276 g/mol. The maximum Gasteiger partial charge on any atom is 0.306 e. The molecule has 7 heteroatoms. The van der Waals surface area contributed by atoms with Gasteiger partial charge in [-0.15, -0.1) is 11.8 Å². The largest absolute Gasteiger partial charge is 0.466 e. The molecule has 0 spiro atoms. The summed E-state index contributed by atoms with van der Waals surface area (Å²) in [5.74, 6) is 0.224. The van der Waals surface area contributed by atoms with Crippen molar-refractivity contribution in [2.45, 2.75) is 18.4 Å². The molecule has 1 rings (SSSR count). The minimum absolute atomic E-state index is 0.0835. The van der Waals surface area contributed by atoms with Crippen LogP contribution in [-0.2, 0) is 9.53 Å². The van der Waals surface area contributed by atoms with E-state index in [9.17, 15) is 4.79 Å². The molecule has 2 N–H and O–H groups in total. The van der Waals surface area contributed by atoms with Crippen LogP contribution in [0.3, 0.4) is 0 Å². The normalized spacial score (nSPS) is 9.42. The van der Waals surface area contributed by atoms with E-state index in [0.717, 1.165) is 0 Å². The van der Waals surface area contributed by atoms with Gasteiger partial charge in [0.25, 0.3) is 0 Å². The summed E-state index contributed by atoms with van der Waals surface area (Å²) in [6, 6.07) is 5.22. The average Bonchev–Trinajstić information content (AvgIpc) is 2.39. The Morgan fingerprint density at radius 1 is 1.47 bits per heavy atom. The third-order valence-corrected chi connectivity index (χ3v) is 3.10. The van der Waals surface area contributed by atoms with Gasteiger partial charge in [0.2, 0.25) is 0 Å². The molecule has 0 bridgehead atoms. The Kier molecular flexibility index (Phi) is 5.65. The number of rotatable bonds is 5. The Morgan fingerprint density at radius 2 is 2.16 bits per heavy atom. The predicted octanol–water partition coefficient (Wildman–Crippen LogP) is 1.45. The molecule has 0 amide bonds. The quantitative estimate of drug-likeness (QED) is 0.639. The fourth-order valence-electron chi connectivity index (χ4n) is 1.25. The Labute approximate surface area is 115 Å². The highest BCUT2D eigenvalue weighted by Gasteiger charge is 2.11. The van der Waals surface area contributed by atoms with Crippen LogP contribution in [0.15, 0.2) is 11.1 Å². The molecule has 1 heterocycles. The molecule has 0 atom stereocenters. The summed E-state index contributed by atoms with van der Waals surface area (Å²) in [6.45, 7) is 2.08. The molecular weight excluding hydrogens is 264 g/mol. The van der Waals surface area contributed by atoms with Crippen molar-refractivity contribution < 1.29 is 9.53 Å². The summed E-state index contributed by atoms with van der Waals surface area (Å²) >= 11 is 1.24. The van der Waals surface area contributed by atoms with Gasteiger partial charge in [-0.25, -0.2) is 4.98 Å². The molecule has 0 fully saturated rings. The molecule has 0 radical (unpaired) electrons. The van der Waals surface area contributed by atoms with Crippen LogP contribution in [0.2, 0.25) is 0 Å². The molecule has 0 aliphatic heterocycles. The molecule has 0 saturated heterocycles. The summed E-state index contributed by atoms with van der Waals surface area (Å²) in [7, 11) is 0. The molecule has 98 valence electrons. The number of nitriles is 2. The lowest BCUT2D eigenvalue weighted by Crippen LogP contribution is -2.05. The van der Waals surface area contributed by atoms with E-state index in [1.54, 1.807) is 6.92 Å². The molecule has 0 aliphatic carbocycles. The van der Waals surface area contributed by atoms with Crippen molar-refractivity contribution in [2.24, 2.45) is 0 Å². The Hall–Kier alpha value is -2.25. The van der Waals surface area contributed by atoms with E-state index in [4.69, 9.17) is 21.0 Å². The minimum atomic E-state index is -0.296. The molecule has 19 heavy (non-hydrogen) atoms. The summed E-state index contributed by atoms with van der Waals surface area (Å²) < 4.78 is 4.79. The van der Waals surface area contributed by atoms with Crippen LogP contribution in [0.5, 0.6) is 0 Å². The van der Waals surface area contributed by atoms with Gasteiger partial charge in [-0.3, -0.25) is 4.79 Å². The first-order valence-corrected chi connectivity index (χ1v) is 6.50. The van der Waals surface area contributed by atoms with Crippen molar-refractivity contribution in [3.05, 3.63) is 17.2 Å². The second kappa shape index (κ2) is 7.24. The lowest BCUT2D eigenvalue weighted by molar-refractivity contribution is -0.142. The number of carbonyl (C=O) groups excluding carboxylic acids is 1. The van der Waals surface area contributed by atoms with Crippen LogP contribution in [0.1, 0.15) is 24.5 Å². The number of nitrogens with two attached hydrogens (primary N) is 1. The number of hydrogen-bond donors (Lipinski definition) is 1. The van der Waals surface area contributed by atoms with Gasteiger partial charge < -0.3 is 10.5 Å². The summed E-state index contributed by atoms with van der Waals surface area (Å²) in [6.07, 6.45) is 0.227. The fourth-order valence-corrected chi connectivity index (χ4v) is 2.14. The Balaban J connectivity index is 2.74. The van der Waals surface area contributed by atoms with Crippen LogP contribution in [0, 0.1) is 22.7 Å². The van der Waals surface area contributed by atoms with Crippen LogP contribution < -0.4 is 5.73 Å². The van der Waals surface area contributed by atoms with Crippen molar-refractivity contribution in [2.75, 3.05) is 18.1 Å². The first kappa shape index (κ1) is 14.8. The second-order valence-electron chi connectivity index (χ2n) is 3.40. The summed E-state index contributed by atoms with van der Waals surface area (Å²) in [5, 5.41) is 18.2. The summed E-state index contributed by atoms with van der Waals surface area (Å²) in [5.41, 5.74) is 6.04. The Morgan fingerprint density at radius 3 is 2.74 bits per heavy atom. The lowest BCUT2D eigenvalue weighted by atomic mass is 10.2. The molecule has 0 saturated carbocycles. The van der Waals surface area contributed by atoms with Gasteiger partial charge in [0.05, 0.1) is 24.2 Å². The molecule has 0 aromatic carbocycles. The molecule has 0 unspecified atom stereocenters. The topological polar surface area (TPSA) is 113 Å². The Bertz CT molecular complexity index is 560. The number of nitrogen functional groups attached to an aromatic ring is 1. The van der Waals surface area contributed by atoms with Crippen LogP contribution in [-0.4, -0.2) is 23.3 Å². The van der Waals surface area contributed by atoms with Gasteiger partial charge in [0.15, 0.2) is 0 Å². The maximum absolute atomic E-state index is 11.2. The van der Waals surface area contributed by atoms with E-state index in [1.807, 2.05) is 12.1 Å². The number of thioether (sulfide) groups is 1. The second-order valence-corrected chi connectivity index (χ2v) is 4.48. The van der Waals surface area contributed by atoms with Crippen molar-refractivity contribution in [3.63, 3.8) is 0 Å². The number of hydrogen-bond acceptors (Lipinski definition) is 7. The zero-order valence-electron chi connectivity index (χ0n) is 10.3. The SMILES string of the molecule is CCOC(=O)CCSc1nc(N)c(C#N)cc1C#N. The van der Waals surface area contributed by atoms with E-state index in [2.05, 4.69) is 4.98 Å². The number of aromatic nitrogens is 1. The molecule has 6 nitrogen and oxygen atoms in total. The predicted molar refractivity (Wildman–Crippen MR) is 70.1 cm³/mol. The van der Waals surface area contributed by atoms with Gasteiger partial charge >= 0.3 is 5.97 Å². The monoisotopic (exact) mass is 276 g/mol.